The molecule has 0 spiro atoms. The minimum atomic E-state index is 0.744. The first-order chi connectivity index (χ1) is 4.97. The van der Waals surface area contributed by atoms with Crippen molar-refractivity contribution >= 4 is 0 Å². The molecule has 0 unspecified atom stereocenters. The molecule has 0 atom stereocenters. The summed E-state index contributed by atoms with van der Waals surface area (Å²) >= 11 is 0. The molecule has 0 fully saturated rings. The molecule has 0 amide bonds. The second kappa shape index (κ2) is 2.02. The number of hydrogen-bond donors (Lipinski definition) is 0. The molecule has 0 aromatic carbocycles. The van der Waals surface area contributed by atoms with Crippen LogP contribution in [-0.2, 0) is 0 Å². The van der Waals surface area contributed by atoms with E-state index in [1.807, 2.05) is 6.07 Å². The van der Waals surface area contributed by atoms with Crippen molar-refractivity contribution in [3.05, 3.63) is 31.2 Å². The standard InChI is InChI=1S/C7H4NO2/c1-2-9-3-6(1)7-4-10-5-8-7/h1-4H. The number of hydrogen-bond acceptors (Lipinski definition) is 3. The van der Waals surface area contributed by atoms with Crippen molar-refractivity contribution in [1.82, 2.24) is 4.98 Å². The minimum Gasteiger partial charge on any atom is -0.472 e. The smallest absolute Gasteiger partial charge is 0.284 e. The molecule has 3 heteroatoms. The summed E-state index contributed by atoms with van der Waals surface area (Å²) < 4.78 is 9.50. The molecule has 2 heterocycles. The molecule has 2 rings (SSSR count). The molecular weight excluding hydrogens is 130 g/mol. The van der Waals surface area contributed by atoms with E-state index >= 15 is 0 Å². The third-order valence-electron chi connectivity index (χ3n) is 1.21. The Labute approximate surface area is 57.3 Å². The third kappa shape index (κ3) is 0.719. The van der Waals surface area contributed by atoms with E-state index in [1.54, 1.807) is 12.5 Å². The Morgan fingerprint density at radius 3 is 3.00 bits per heavy atom. The zero-order valence-electron chi connectivity index (χ0n) is 5.07. The highest BCUT2D eigenvalue weighted by molar-refractivity contribution is 5.54. The van der Waals surface area contributed by atoms with Gasteiger partial charge in [0, 0.05) is 5.56 Å². The van der Waals surface area contributed by atoms with E-state index in [1.165, 1.54) is 6.26 Å². The normalized spacial score (nSPS) is 10.0. The highest BCUT2D eigenvalue weighted by Crippen LogP contribution is 2.15. The van der Waals surface area contributed by atoms with Crippen LogP contribution in [0.25, 0.3) is 11.3 Å². The van der Waals surface area contributed by atoms with E-state index in [0.717, 1.165) is 11.3 Å². The highest BCUT2D eigenvalue weighted by atomic mass is 16.3. The number of aromatic nitrogens is 1. The molecule has 2 aromatic heterocycles. The molecule has 0 N–H and O–H groups in total. The first-order valence-corrected chi connectivity index (χ1v) is 2.81. The van der Waals surface area contributed by atoms with E-state index in [2.05, 4.69) is 15.8 Å². The Hall–Kier alpha value is -1.51. The maximum absolute atomic E-state index is 4.84. The summed E-state index contributed by atoms with van der Waals surface area (Å²) in [5.41, 5.74) is 1.65. The van der Waals surface area contributed by atoms with Crippen LogP contribution in [0, 0.1) is 6.39 Å². The van der Waals surface area contributed by atoms with Crippen LogP contribution in [0.5, 0.6) is 0 Å². The average molecular weight is 134 g/mol. The van der Waals surface area contributed by atoms with Crippen molar-refractivity contribution in [3.8, 4) is 11.3 Å². The van der Waals surface area contributed by atoms with Gasteiger partial charge in [-0.3, -0.25) is 0 Å². The topological polar surface area (TPSA) is 39.2 Å². The van der Waals surface area contributed by atoms with Gasteiger partial charge in [0.2, 0.25) is 0 Å². The highest BCUT2D eigenvalue weighted by Gasteiger charge is 2.00. The molecule has 0 saturated carbocycles. The fourth-order valence-electron chi connectivity index (χ4n) is 0.727. The van der Waals surface area contributed by atoms with Crippen molar-refractivity contribution in [3.63, 3.8) is 0 Å². The zero-order valence-corrected chi connectivity index (χ0v) is 5.07. The molecular formula is C7H4NO2. The molecule has 3 nitrogen and oxygen atoms in total. The average Bonchev–Trinajstić information content (AvgIpc) is 2.59. The van der Waals surface area contributed by atoms with Gasteiger partial charge >= 0.3 is 0 Å². The van der Waals surface area contributed by atoms with E-state index in [4.69, 9.17) is 4.42 Å². The summed E-state index contributed by atoms with van der Waals surface area (Å²) in [4.78, 5) is 3.81. The molecule has 0 saturated heterocycles. The molecule has 0 aliphatic rings. The Morgan fingerprint density at radius 1 is 1.40 bits per heavy atom. The van der Waals surface area contributed by atoms with Crippen LogP contribution in [0.1, 0.15) is 0 Å². The van der Waals surface area contributed by atoms with Gasteiger partial charge in [-0.1, -0.05) is 0 Å². The first-order valence-electron chi connectivity index (χ1n) is 2.81. The predicted molar refractivity (Wildman–Crippen MR) is 33.0 cm³/mol. The lowest BCUT2D eigenvalue weighted by Crippen LogP contribution is -1.68. The molecule has 0 aliphatic carbocycles. The third-order valence-corrected chi connectivity index (χ3v) is 1.21. The molecule has 49 valence electrons. The monoisotopic (exact) mass is 134 g/mol. The van der Waals surface area contributed by atoms with Gasteiger partial charge in [-0.05, 0) is 6.07 Å². The first kappa shape index (κ1) is 5.29. The van der Waals surface area contributed by atoms with Crippen molar-refractivity contribution in [2.75, 3.05) is 0 Å². The Bertz CT molecular complexity index is 251. The maximum atomic E-state index is 4.84. The number of nitrogens with zero attached hydrogens (tertiary/aromatic N) is 1. The van der Waals surface area contributed by atoms with E-state index < -0.39 is 0 Å². The second-order valence-corrected chi connectivity index (χ2v) is 1.84. The Kier molecular flexibility index (Phi) is 1.07. The van der Waals surface area contributed by atoms with Crippen LogP contribution in [0.15, 0.2) is 33.7 Å². The van der Waals surface area contributed by atoms with Crippen molar-refractivity contribution < 1.29 is 8.83 Å². The zero-order chi connectivity index (χ0) is 6.81. The van der Waals surface area contributed by atoms with Gasteiger partial charge in [-0.25, -0.2) is 4.98 Å². The summed E-state index contributed by atoms with van der Waals surface area (Å²) in [6, 6.07) is 1.81. The van der Waals surface area contributed by atoms with E-state index in [9.17, 15) is 0 Å². The Morgan fingerprint density at radius 2 is 2.40 bits per heavy atom. The van der Waals surface area contributed by atoms with Crippen LogP contribution in [0.2, 0.25) is 0 Å². The summed E-state index contributed by atoms with van der Waals surface area (Å²) in [7, 11) is 0. The van der Waals surface area contributed by atoms with Gasteiger partial charge in [0.15, 0.2) is 0 Å². The van der Waals surface area contributed by atoms with Crippen LogP contribution in [0.3, 0.4) is 0 Å². The largest absolute Gasteiger partial charge is 0.472 e. The van der Waals surface area contributed by atoms with Crippen LogP contribution < -0.4 is 0 Å². The SMILES string of the molecule is [c]1nc(-c2ccoc2)co1. The lowest BCUT2D eigenvalue weighted by atomic mass is 10.3. The van der Waals surface area contributed by atoms with Crippen LogP contribution in [0.4, 0.5) is 0 Å². The van der Waals surface area contributed by atoms with Crippen molar-refractivity contribution in [1.29, 1.82) is 0 Å². The lowest BCUT2D eigenvalue weighted by Gasteiger charge is -1.80. The molecule has 2 aromatic rings. The quantitative estimate of drug-likeness (QED) is 0.596. The number of oxazole rings is 1. The summed E-state index contributed by atoms with van der Waals surface area (Å²) in [5.74, 6) is 0. The van der Waals surface area contributed by atoms with Gasteiger partial charge in [0.25, 0.3) is 6.39 Å². The van der Waals surface area contributed by atoms with Crippen LogP contribution in [-0.4, -0.2) is 4.98 Å². The number of furan rings is 1. The minimum absolute atomic E-state index is 0.744. The summed E-state index contributed by atoms with van der Waals surface area (Å²) in [5, 5.41) is 0. The predicted octanol–water partition coefficient (Wildman–Crippen LogP) is 1.73. The van der Waals surface area contributed by atoms with Gasteiger partial charge in [-0.2, -0.15) is 0 Å². The van der Waals surface area contributed by atoms with Gasteiger partial charge < -0.3 is 8.83 Å². The maximum Gasteiger partial charge on any atom is 0.284 e. The summed E-state index contributed by atoms with van der Waals surface area (Å²) in [6.45, 7) is 0. The molecule has 10 heavy (non-hydrogen) atoms. The number of rotatable bonds is 1. The van der Waals surface area contributed by atoms with Crippen LogP contribution >= 0.6 is 0 Å². The van der Waals surface area contributed by atoms with Crippen molar-refractivity contribution in [2.45, 2.75) is 0 Å². The van der Waals surface area contributed by atoms with Gasteiger partial charge in [-0.15, -0.1) is 0 Å². The lowest BCUT2D eigenvalue weighted by molar-refractivity contribution is 0.548. The summed E-state index contributed by atoms with van der Waals surface area (Å²) in [6.07, 6.45) is 7.06. The fourth-order valence-corrected chi connectivity index (χ4v) is 0.727. The second-order valence-electron chi connectivity index (χ2n) is 1.84. The van der Waals surface area contributed by atoms with E-state index in [-0.39, 0.29) is 0 Å². The molecule has 0 aliphatic heterocycles. The van der Waals surface area contributed by atoms with E-state index in [0.29, 0.717) is 0 Å². The molecule has 1 radical (unpaired) electrons. The Balaban J connectivity index is 2.48. The molecule has 0 bridgehead atoms. The van der Waals surface area contributed by atoms with Crippen molar-refractivity contribution in [2.24, 2.45) is 0 Å². The van der Waals surface area contributed by atoms with Gasteiger partial charge in [0.1, 0.15) is 12.0 Å². The van der Waals surface area contributed by atoms with Gasteiger partial charge in [0.05, 0.1) is 12.5 Å². The fraction of sp³-hybridized carbons (Fsp3) is 0.